The molecule has 0 amide bonds. The third-order valence-electron chi connectivity index (χ3n) is 4.13. The van der Waals surface area contributed by atoms with Crippen LogP contribution in [0.2, 0.25) is 0 Å². The summed E-state index contributed by atoms with van der Waals surface area (Å²) in [7, 11) is -3.36. The van der Waals surface area contributed by atoms with Crippen LogP contribution in [-0.4, -0.2) is 36.4 Å². The molecule has 0 bridgehead atoms. The Hall–Kier alpha value is -1.70. The summed E-state index contributed by atoms with van der Waals surface area (Å²) in [6.45, 7) is 5.08. The van der Waals surface area contributed by atoms with Crippen molar-refractivity contribution in [3.63, 3.8) is 0 Å². The lowest BCUT2D eigenvalue weighted by Gasteiger charge is -2.14. The van der Waals surface area contributed by atoms with Gasteiger partial charge in [-0.15, -0.1) is 0 Å². The molecule has 1 aromatic heterocycles. The van der Waals surface area contributed by atoms with Gasteiger partial charge in [-0.25, -0.2) is 18.1 Å². The highest BCUT2D eigenvalue weighted by Crippen LogP contribution is 2.31. The normalized spacial score (nSPS) is 20.3. The zero-order valence-electron chi connectivity index (χ0n) is 14.0. The lowest BCUT2D eigenvalue weighted by atomic mass is 9.91. The van der Waals surface area contributed by atoms with Crippen molar-refractivity contribution in [1.29, 1.82) is 0 Å². The highest BCUT2D eigenvalue weighted by molar-refractivity contribution is 7.89. The van der Waals surface area contributed by atoms with Crippen molar-refractivity contribution < 1.29 is 13.2 Å². The Kier molecular flexibility index (Phi) is 4.76. The Balaban J connectivity index is 1.55. The summed E-state index contributed by atoms with van der Waals surface area (Å²) in [5, 5.41) is 0. The van der Waals surface area contributed by atoms with Gasteiger partial charge in [0.15, 0.2) is 0 Å². The molecule has 2 aromatic rings. The van der Waals surface area contributed by atoms with Gasteiger partial charge in [-0.05, 0) is 29.5 Å². The molecule has 1 aromatic carbocycles. The molecule has 0 saturated carbocycles. The second-order valence-electron chi connectivity index (χ2n) is 7.04. The van der Waals surface area contributed by atoms with E-state index in [9.17, 15) is 8.42 Å². The summed E-state index contributed by atoms with van der Waals surface area (Å²) in [6, 6.07) is 7.70. The van der Waals surface area contributed by atoms with E-state index < -0.39 is 10.0 Å². The third kappa shape index (κ3) is 4.43. The van der Waals surface area contributed by atoms with Crippen LogP contribution in [0.25, 0.3) is 5.69 Å². The summed E-state index contributed by atoms with van der Waals surface area (Å²) >= 11 is 0. The van der Waals surface area contributed by atoms with E-state index in [1.54, 1.807) is 12.5 Å². The molecule has 1 saturated heterocycles. The molecule has 0 spiro atoms. The monoisotopic (exact) mass is 349 g/mol. The van der Waals surface area contributed by atoms with Crippen molar-refractivity contribution in [2.75, 3.05) is 12.4 Å². The number of benzene rings is 1. The van der Waals surface area contributed by atoms with E-state index in [4.69, 9.17) is 4.74 Å². The average molecular weight is 349 g/mol. The highest BCUT2D eigenvalue weighted by atomic mass is 32.2. The Morgan fingerprint density at radius 2 is 2.08 bits per heavy atom. The molecule has 1 N–H and O–H groups in total. The minimum Gasteiger partial charge on any atom is -0.377 e. The molecule has 0 radical (unpaired) electrons. The van der Waals surface area contributed by atoms with Gasteiger partial charge in [0.05, 0.1) is 24.8 Å². The van der Waals surface area contributed by atoms with Gasteiger partial charge < -0.3 is 9.30 Å². The van der Waals surface area contributed by atoms with Crippen LogP contribution >= 0.6 is 0 Å². The van der Waals surface area contributed by atoms with Crippen molar-refractivity contribution in [1.82, 2.24) is 14.3 Å². The number of rotatable bonds is 6. The van der Waals surface area contributed by atoms with Crippen LogP contribution in [0.1, 0.15) is 25.8 Å². The Morgan fingerprint density at radius 3 is 2.67 bits per heavy atom. The lowest BCUT2D eigenvalue weighted by molar-refractivity contribution is 0.113. The van der Waals surface area contributed by atoms with Crippen LogP contribution in [0, 0.1) is 5.41 Å². The standard InChI is InChI=1S/C17H23N3O3S/c1-17(2)9-16(23-12-17)11-24(21,22)19-10-14-3-5-15(6-4-14)20-8-7-18-13-20/h3-8,13,16,19H,9-12H2,1-2H3. The van der Waals surface area contributed by atoms with Crippen LogP contribution in [-0.2, 0) is 21.3 Å². The minimum atomic E-state index is -3.36. The maximum atomic E-state index is 12.2. The van der Waals surface area contributed by atoms with Crippen molar-refractivity contribution in [2.24, 2.45) is 5.41 Å². The first kappa shape index (κ1) is 17.1. The fourth-order valence-electron chi connectivity index (χ4n) is 2.88. The van der Waals surface area contributed by atoms with Crippen LogP contribution in [0.15, 0.2) is 43.0 Å². The topological polar surface area (TPSA) is 73.2 Å². The maximum Gasteiger partial charge on any atom is 0.214 e. The largest absolute Gasteiger partial charge is 0.377 e. The van der Waals surface area contributed by atoms with Crippen LogP contribution in [0.3, 0.4) is 0 Å². The Morgan fingerprint density at radius 1 is 1.33 bits per heavy atom. The SMILES string of the molecule is CC1(C)COC(CS(=O)(=O)NCc2ccc(-n3ccnc3)cc2)C1. The second kappa shape index (κ2) is 6.66. The van der Waals surface area contributed by atoms with Gasteiger partial charge in [0.25, 0.3) is 0 Å². The number of hydrogen-bond acceptors (Lipinski definition) is 4. The Bertz CT molecular complexity index is 768. The van der Waals surface area contributed by atoms with Gasteiger partial charge in [0.2, 0.25) is 10.0 Å². The van der Waals surface area contributed by atoms with E-state index in [1.165, 1.54) is 0 Å². The molecule has 1 aliphatic heterocycles. The van der Waals surface area contributed by atoms with Gasteiger partial charge in [0, 0.05) is 24.6 Å². The van der Waals surface area contributed by atoms with E-state index >= 15 is 0 Å². The fraction of sp³-hybridized carbons (Fsp3) is 0.471. The first-order valence-electron chi connectivity index (χ1n) is 7.99. The quantitative estimate of drug-likeness (QED) is 0.867. The van der Waals surface area contributed by atoms with Crippen molar-refractivity contribution in [3.8, 4) is 5.69 Å². The van der Waals surface area contributed by atoms with Gasteiger partial charge >= 0.3 is 0 Å². The molecule has 1 aliphatic rings. The van der Waals surface area contributed by atoms with E-state index in [0.717, 1.165) is 17.7 Å². The first-order chi connectivity index (χ1) is 11.3. The third-order valence-corrected chi connectivity index (χ3v) is 5.53. The zero-order valence-corrected chi connectivity index (χ0v) is 14.8. The van der Waals surface area contributed by atoms with Crippen molar-refractivity contribution >= 4 is 10.0 Å². The summed E-state index contributed by atoms with van der Waals surface area (Å²) in [6.07, 6.45) is 5.85. The minimum absolute atomic E-state index is 0.0174. The molecule has 1 unspecified atom stereocenters. The van der Waals surface area contributed by atoms with Crippen LogP contribution in [0.5, 0.6) is 0 Å². The molecule has 2 heterocycles. The molecular formula is C17H23N3O3S. The molecule has 6 nitrogen and oxygen atoms in total. The van der Waals surface area contributed by atoms with Crippen molar-refractivity contribution in [2.45, 2.75) is 32.9 Å². The molecule has 0 aliphatic carbocycles. The van der Waals surface area contributed by atoms with Crippen molar-refractivity contribution in [3.05, 3.63) is 48.5 Å². The smallest absolute Gasteiger partial charge is 0.214 e. The van der Waals surface area contributed by atoms with E-state index in [-0.39, 0.29) is 23.8 Å². The molecule has 130 valence electrons. The van der Waals surface area contributed by atoms with Gasteiger partial charge in [-0.3, -0.25) is 0 Å². The molecular weight excluding hydrogens is 326 g/mol. The predicted octanol–water partition coefficient (Wildman–Crippen LogP) is 2.11. The molecule has 1 fully saturated rings. The molecule has 24 heavy (non-hydrogen) atoms. The average Bonchev–Trinajstić information content (AvgIpc) is 3.15. The summed E-state index contributed by atoms with van der Waals surface area (Å²) < 4.78 is 34.6. The van der Waals surface area contributed by atoms with Gasteiger partial charge in [-0.2, -0.15) is 0 Å². The number of ether oxygens (including phenoxy) is 1. The molecule has 1 atom stereocenters. The first-order valence-corrected chi connectivity index (χ1v) is 9.64. The number of nitrogens with zero attached hydrogens (tertiary/aromatic N) is 2. The number of aromatic nitrogens is 2. The van der Waals surface area contributed by atoms with Gasteiger partial charge in [-0.1, -0.05) is 26.0 Å². The summed E-state index contributed by atoms with van der Waals surface area (Å²) in [5.74, 6) is 0.0174. The van der Waals surface area contributed by atoms with E-state index in [1.807, 2.05) is 35.0 Å². The lowest BCUT2D eigenvalue weighted by Crippen LogP contribution is -2.31. The number of nitrogens with one attached hydrogen (secondary N) is 1. The zero-order chi connectivity index (χ0) is 17.2. The second-order valence-corrected chi connectivity index (χ2v) is 8.89. The summed E-state index contributed by atoms with van der Waals surface area (Å²) in [4.78, 5) is 4.01. The Labute approximate surface area is 142 Å². The molecule has 7 heteroatoms. The predicted molar refractivity (Wildman–Crippen MR) is 92.3 cm³/mol. The summed E-state index contributed by atoms with van der Waals surface area (Å²) in [5.41, 5.74) is 1.96. The highest BCUT2D eigenvalue weighted by Gasteiger charge is 2.34. The molecule has 3 rings (SSSR count). The van der Waals surface area contributed by atoms with Crippen LogP contribution < -0.4 is 4.72 Å². The van der Waals surface area contributed by atoms with Crippen LogP contribution in [0.4, 0.5) is 0 Å². The fourth-order valence-corrected chi connectivity index (χ4v) is 4.09. The van der Waals surface area contributed by atoms with Gasteiger partial charge in [0.1, 0.15) is 0 Å². The number of sulfonamides is 1. The number of imidazole rings is 1. The van der Waals surface area contributed by atoms with E-state index in [2.05, 4.69) is 23.6 Å². The maximum absolute atomic E-state index is 12.2. The number of hydrogen-bond donors (Lipinski definition) is 1. The van der Waals surface area contributed by atoms with E-state index in [0.29, 0.717) is 6.61 Å².